The maximum Gasteiger partial charge on any atom is 0.192 e. The summed E-state index contributed by atoms with van der Waals surface area (Å²) in [6.45, 7) is 18.3. The molecule has 0 N–H and O–H groups in total. The zero-order valence-electron chi connectivity index (χ0n) is 27.7. The molecule has 2 nitrogen and oxygen atoms in total. The highest BCUT2D eigenvalue weighted by Gasteiger charge is 2.44. The highest BCUT2D eigenvalue weighted by Crippen LogP contribution is 2.56. The first-order chi connectivity index (χ1) is 20.4. The fourth-order valence-corrected chi connectivity index (χ4v) is 11.6. The van der Waals surface area contributed by atoms with E-state index in [-0.39, 0.29) is 28.1 Å². The quantitative estimate of drug-likeness (QED) is 0.0903. The van der Waals surface area contributed by atoms with Crippen molar-refractivity contribution >= 4 is 48.9 Å². The standard InChI is InChI=1S/C38H49NOPSSi.BrH/c1-30(24-25-37(40-43(7,8)38(4,5)6)31(2)28-33-29-42-32(3)39-33)26-27-41(34-18-12-9-13-19-34,35-20-14-10-15-21-35)36-22-16-11-17-23-36;/h9-24,28-29,37H,25-27H2,1-8H3;1H/q+1;/p-1/t37-;/m0./s1. The highest BCUT2D eigenvalue weighted by molar-refractivity contribution is 7.95. The Hall–Kier alpha value is -2.14. The number of rotatable bonds is 12. The van der Waals surface area contributed by atoms with Crippen LogP contribution in [0.1, 0.15) is 58.2 Å². The molecule has 4 aromatic rings. The average Bonchev–Trinajstić information content (AvgIpc) is 3.40. The molecule has 0 aliphatic heterocycles. The molecule has 1 aromatic heterocycles. The molecule has 4 rings (SSSR count). The summed E-state index contributed by atoms with van der Waals surface area (Å²) in [6, 6.07) is 33.6. The molecule has 0 aliphatic rings. The van der Waals surface area contributed by atoms with Gasteiger partial charge in [-0.25, -0.2) is 4.98 Å². The second-order valence-corrected chi connectivity index (χ2v) is 22.6. The average molecular weight is 707 g/mol. The van der Waals surface area contributed by atoms with E-state index >= 15 is 0 Å². The molecule has 0 amide bonds. The Labute approximate surface area is 283 Å². The van der Waals surface area contributed by atoms with Gasteiger partial charge in [0.25, 0.3) is 0 Å². The smallest absolute Gasteiger partial charge is 0.192 e. The van der Waals surface area contributed by atoms with Gasteiger partial charge < -0.3 is 21.4 Å². The molecule has 0 saturated heterocycles. The molecular formula is C38H49BrNOPSSi. The van der Waals surface area contributed by atoms with Crippen LogP contribution < -0.4 is 32.9 Å². The van der Waals surface area contributed by atoms with Crippen LogP contribution in [0.4, 0.5) is 0 Å². The number of hydrogen-bond donors (Lipinski definition) is 0. The first kappa shape index (κ1) is 36.3. The van der Waals surface area contributed by atoms with Crippen LogP contribution in [-0.4, -0.2) is 25.6 Å². The Kier molecular flexibility index (Phi) is 13.1. The van der Waals surface area contributed by atoms with Gasteiger partial charge in [-0.2, -0.15) is 0 Å². The van der Waals surface area contributed by atoms with Crippen molar-refractivity contribution in [1.82, 2.24) is 4.98 Å². The number of nitrogens with zero attached hydrogens (tertiary/aromatic N) is 1. The number of halogens is 1. The normalized spacial score (nSPS) is 13.8. The van der Waals surface area contributed by atoms with E-state index < -0.39 is 15.6 Å². The van der Waals surface area contributed by atoms with E-state index in [1.807, 2.05) is 0 Å². The van der Waals surface area contributed by atoms with Gasteiger partial charge in [0, 0.05) is 11.8 Å². The summed E-state index contributed by atoms with van der Waals surface area (Å²) in [7, 11) is -3.83. The lowest BCUT2D eigenvalue weighted by molar-refractivity contribution is -0.0000102. The van der Waals surface area contributed by atoms with Gasteiger partial charge in [0.2, 0.25) is 0 Å². The number of thiazole rings is 1. The molecule has 3 aromatic carbocycles. The fraction of sp³-hybridized carbons (Fsp3) is 0.342. The Bertz CT molecular complexity index is 1410. The molecule has 234 valence electrons. The van der Waals surface area contributed by atoms with Gasteiger partial charge in [-0.05, 0) is 93.4 Å². The van der Waals surface area contributed by atoms with Gasteiger partial charge in [-0.1, -0.05) is 87.0 Å². The summed E-state index contributed by atoms with van der Waals surface area (Å²) >= 11 is 1.70. The SMILES string of the molecule is CC(=CC[C@H](O[Si](C)(C)C(C)(C)C)C(C)=Cc1csc(C)n1)CC[P+](c1ccccc1)(c1ccccc1)c1ccccc1.[Br-]. The van der Waals surface area contributed by atoms with Gasteiger partial charge in [-0.3, -0.25) is 0 Å². The first-order valence-corrected chi connectivity index (χ1v) is 21.2. The molecule has 0 radical (unpaired) electrons. The van der Waals surface area contributed by atoms with Crippen molar-refractivity contribution in [3.63, 3.8) is 0 Å². The van der Waals surface area contributed by atoms with Gasteiger partial charge in [-0.15, -0.1) is 11.3 Å². The molecular weight excluding hydrogens is 657 g/mol. The van der Waals surface area contributed by atoms with Gasteiger partial charge in [0.05, 0.1) is 23.0 Å². The summed E-state index contributed by atoms with van der Waals surface area (Å²) in [4.78, 5) is 4.70. The van der Waals surface area contributed by atoms with E-state index in [0.717, 1.165) is 29.7 Å². The monoisotopic (exact) mass is 705 g/mol. The predicted octanol–water partition coefficient (Wildman–Crippen LogP) is 6.97. The molecule has 6 heteroatoms. The molecule has 0 aliphatic carbocycles. The van der Waals surface area contributed by atoms with Crippen molar-refractivity contribution in [2.45, 2.75) is 78.6 Å². The molecule has 44 heavy (non-hydrogen) atoms. The van der Waals surface area contributed by atoms with Crippen molar-refractivity contribution in [2.75, 3.05) is 6.16 Å². The number of benzene rings is 3. The van der Waals surface area contributed by atoms with Gasteiger partial charge in [0.1, 0.15) is 23.2 Å². The fourth-order valence-electron chi connectivity index (χ4n) is 5.27. The minimum absolute atomic E-state index is 0. The lowest BCUT2D eigenvalue weighted by atomic mass is 10.1. The molecule has 0 fully saturated rings. The van der Waals surface area contributed by atoms with Crippen molar-refractivity contribution in [1.29, 1.82) is 0 Å². The van der Waals surface area contributed by atoms with E-state index in [0.29, 0.717) is 0 Å². The summed E-state index contributed by atoms with van der Waals surface area (Å²) < 4.78 is 7.06. The second kappa shape index (κ2) is 15.9. The lowest BCUT2D eigenvalue weighted by Gasteiger charge is -2.39. The van der Waals surface area contributed by atoms with Crippen LogP contribution in [0.2, 0.25) is 18.1 Å². The van der Waals surface area contributed by atoms with E-state index in [1.165, 1.54) is 27.1 Å². The number of allylic oxidation sites excluding steroid dienone is 1. The van der Waals surface area contributed by atoms with Crippen LogP contribution in [0.25, 0.3) is 6.08 Å². The molecule has 0 saturated carbocycles. The lowest BCUT2D eigenvalue weighted by Crippen LogP contribution is -3.00. The predicted molar refractivity (Wildman–Crippen MR) is 196 cm³/mol. The molecule has 0 unspecified atom stereocenters. The minimum Gasteiger partial charge on any atom is -1.00 e. The second-order valence-electron chi connectivity index (χ2n) is 13.1. The zero-order valence-corrected chi connectivity index (χ0v) is 32.0. The summed E-state index contributed by atoms with van der Waals surface area (Å²) in [6.07, 6.45) is 7.70. The first-order valence-electron chi connectivity index (χ1n) is 15.4. The van der Waals surface area contributed by atoms with Crippen LogP contribution in [0.15, 0.2) is 114 Å². The molecule has 1 heterocycles. The van der Waals surface area contributed by atoms with Crippen molar-refractivity contribution in [2.24, 2.45) is 0 Å². The Balaban J connectivity index is 0.00000529. The van der Waals surface area contributed by atoms with Crippen LogP contribution in [0.3, 0.4) is 0 Å². The van der Waals surface area contributed by atoms with Gasteiger partial charge >= 0.3 is 0 Å². The Morgan fingerprint density at radius 1 is 0.864 bits per heavy atom. The largest absolute Gasteiger partial charge is 1.00 e. The third-order valence-corrected chi connectivity index (χ3v) is 18.6. The third-order valence-electron chi connectivity index (χ3n) is 8.88. The number of aromatic nitrogens is 1. The minimum atomic E-state index is -1.98. The molecule has 0 spiro atoms. The highest BCUT2D eigenvalue weighted by atomic mass is 79.9. The van der Waals surface area contributed by atoms with E-state index in [1.54, 1.807) is 11.3 Å². The third kappa shape index (κ3) is 8.98. The Morgan fingerprint density at radius 2 is 1.34 bits per heavy atom. The summed E-state index contributed by atoms with van der Waals surface area (Å²) in [5.74, 6) is 0. The summed E-state index contributed by atoms with van der Waals surface area (Å²) in [5, 5.41) is 7.71. The van der Waals surface area contributed by atoms with Crippen molar-refractivity contribution in [3.05, 3.63) is 124 Å². The van der Waals surface area contributed by atoms with Crippen molar-refractivity contribution in [3.8, 4) is 0 Å². The van der Waals surface area contributed by atoms with Crippen molar-refractivity contribution < 1.29 is 21.4 Å². The summed E-state index contributed by atoms with van der Waals surface area (Å²) in [5.41, 5.74) is 3.71. The molecule has 1 atom stereocenters. The van der Waals surface area contributed by atoms with Gasteiger partial charge in [0.15, 0.2) is 8.32 Å². The number of hydrogen-bond acceptors (Lipinski definition) is 3. The Morgan fingerprint density at radius 3 is 1.75 bits per heavy atom. The molecule has 0 bridgehead atoms. The maximum absolute atomic E-state index is 7.06. The zero-order chi connectivity index (χ0) is 31.1. The topological polar surface area (TPSA) is 22.1 Å². The maximum atomic E-state index is 7.06. The van der Waals surface area contributed by atoms with Crippen LogP contribution in [0.5, 0.6) is 0 Å². The number of aryl methyl sites for hydroxylation is 1. The van der Waals surface area contributed by atoms with E-state index in [2.05, 4.69) is 163 Å². The van der Waals surface area contributed by atoms with Crippen LogP contribution >= 0.6 is 18.6 Å². The van der Waals surface area contributed by atoms with E-state index in [9.17, 15) is 0 Å². The van der Waals surface area contributed by atoms with Crippen LogP contribution in [-0.2, 0) is 4.43 Å². The van der Waals surface area contributed by atoms with Crippen LogP contribution in [0, 0.1) is 6.92 Å². The van der Waals surface area contributed by atoms with E-state index in [4.69, 9.17) is 9.41 Å².